The molecule has 0 unspecified atom stereocenters. The van der Waals surface area contributed by atoms with Crippen molar-refractivity contribution < 1.29 is 4.79 Å². The summed E-state index contributed by atoms with van der Waals surface area (Å²) in [5.41, 5.74) is 4.92. The molecule has 1 N–H and O–H groups in total. The first-order chi connectivity index (χ1) is 10.1. The van der Waals surface area contributed by atoms with E-state index in [0.717, 1.165) is 28.1 Å². The van der Waals surface area contributed by atoms with E-state index >= 15 is 0 Å². The predicted molar refractivity (Wildman–Crippen MR) is 89.3 cm³/mol. The highest BCUT2D eigenvalue weighted by Gasteiger charge is 2.17. The van der Waals surface area contributed by atoms with Crippen molar-refractivity contribution in [1.82, 2.24) is 0 Å². The van der Waals surface area contributed by atoms with Crippen LogP contribution in [0.5, 0.6) is 0 Å². The number of carbonyl (C=O) groups excluding carboxylic acids is 1. The second-order valence-electron chi connectivity index (χ2n) is 5.12. The summed E-state index contributed by atoms with van der Waals surface area (Å²) in [7, 11) is 1.88. The fourth-order valence-corrected chi connectivity index (χ4v) is 2.52. The van der Waals surface area contributed by atoms with Gasteiger partial charge in [0.25, 0.3) is 5.91 Å². The maximum absolute atomic E-state index is 12.8. The van der Waals surface area contributed by atoms with Crippen LogP contribution in [-0.2, 0) is 0 Å². The van der Waals surface area contributed by atoms with Gasteiger partial charge in [-0.25, -0.2) is 0 Å². The normalized spacial score (nSPS) is 10.3. The number of para-hydroxylation sites is 1. The molecule has 21 heavy (non-hydrogen) atoms. The molecule has 0 radical (unpaired) electrons. The Balaban J connectivity index is 2.37. The van der Waals surface area contributed by atoms with Crippen molar-refractivity contribution in [2.24, 2.45) is 0 Å². The Kier molecular flexibility index (Phi) is 4.63. The number of carbonyl (C=O) groups is 1. The summed E-state index contributed by atoms with van der Waals surface area (Å²) in [5, 5.41) is 3.12. The summed E-state index contributed by atoms with van der Waals surface area (Å²) < 4.78 is 0. The van der Waals surface area contributed by atoms with Gasteiger partial charge in [0.1, 0.15) is 0 Å². The molecule has 110 valence electrons. The molecule has 2 rings (SSSR count). The Labute approximate surface area is 126 Å². The van der Waals surface area contributed by atoms with Gasteiger partial charge in [0, 0.05) is 30.5 Å². The number of amides is 1. The molecule has 3 nitrogen and oxygen atoms in total. The molecule has 0 saturated carbocycles. The van der Waals surface area contributed by atoms with E-state index in [1.165, 1.54) is 0 Å². The van der Waals surface area contributed by atoms with Gasteiger partial charge in [-0.2, -0.15) is 0 Å². The number of hydrogen-bond donors (Lipinski definition) is 1. The van der Waals surface area contributed by atoms with Crippen LogP contribution in [0.15, 0.2) is 42.5 Å². The van der Waals surface area contributed by atoms with Crippen LogP contribution in [0.4, 0.5) is 11.4 Å². The molecule has 2 aromatic rings. The molecule has 0 saturated heterocycles. The van der Waals surface area contributed by atoms with Crippen molar-refractivity contribution in [3.05, 3.63) is 59.2 Å². The van der Waals surface area contributed by atoms with Gasteiger partial charge in [-0.15, -0.1) is 0 Å². The SMILES string of the molecule is CCN(C(=O)c1ccc(NC)c(C)c1)c1ccccc1C. The van der Waals surface area contributed by atoms with Gasteiger partial charge in [0.05, 0.1) is 0 Å². The lowest BCUT2D eigenvalue weighted by molar-refractivity contribution is 0.0988. The van der Waals surface area contributed by atoms with Crippen LogP contribution in [0.2, 0.25) is 0 Å². The molecule has 0 fully saturated rings. The van der Waals surface area contributed by atoms with Gasteiger partial charge in [-0.1, -0.05) is 18.2 Å². The number of benzene rings is 2. The average Bonchev–Trinajstić information content (AvgIpc) is 2.49. The zero-order chi connectivity index (χ0) is 15.4. The molecule has 0 bridgehead atoms. The second-order valence-corrected chi connectivity index (χ2v) is 5.12. The van der Waals surface area contributed by atoms with Crippen molar-refractivity contribution in [3.8, 4) is 0 Å². The van der Waals surface area contributed by atoms with Crippen molar-refractivity contribution in [1.29, 1.82) is 0 Å². The van der Waals surface area contributed by atoms with Gasteiger partial charge in [-0.3, -0.25) is 4.79 Å². The molecular formula is C18H22N2O. The zero-order valence-electron chi connectivity index (χ0n) is 13.1. The summed E-state index contributed by atoms with van der Waals surface area (Å²) >= 11 is 0. The quantitative estimate of drug-likeness (QED) is 0.919. The van der Waals surface area contributed by atoms with Gasteiger partial charge in [0.15, 0.2) is 0 Å². The number of nitrogens with zero attached hydrogens (tertiary/aromatic N) is 1. The molecule has 3 heteroatoms. The molecular weight excluding hydrogens is 260 g/mol. The summed E-state index contributed by atoms with van der Waals surface area (Å²) in [6, 6.07) is 13.7. The third-order valence-electron chi connectivity index (χ3n) is 3.71. The first-order valence-electron chi connectivity index (χ1n) is 7.24. The summed E-state index contributed by atoms with van der Waals surface area (Å²) in [6.07, 6.45) is 0. The highest BCUT2D eigenvalue weighted by atomic mass is 16.2. The Morgan fingerprint density at radius 2 is 1.81 bits per heavy atom. The van der Waals surface area contributed by atoms with E-state index in [-0.39, 0.29) is 5.91 Å². The molecule has 0 atom stereocenters. The molecule has 0 aromatic heterocycles. The average molecular weight is 282 g/mol. The molecule has 0 aliphatic carbocycles. The summed E-state index contributed by atoms with van der Waals surface area (Å²) in [5.74, 6) is 0.0394. The van der Waals surface area contributed by atoms with E-state index in [2.05, 4.69) is 5.32 Å². The zero-order valence-corrected chi connectivity index (χ0v) is 13.1. The van der Waals surface area contributed by atoms with E-state index < -0.39 is 0 Å². The monoisotopic (exact) mass is 282 g/mol. The summed E-state index contributed by atoms with van der Waals surface area (Å²) in [4.78, 5) is 14.6. The molecule has 0 aliphatic heterocycles. The standard InChI is InChI=1S/C18H22N2O/c1-5-20(17-9-7-6-8-13(17)2)18(21)15-10-11-16(19-4)14(3)12-15/h6-12,19H,5H2,1-4H3. The van der Waals surface area contributed by atoms with Gasteiger partial charge in [0.2, 0.25) is 0 Å². The van der Waals surface area contributed by atoms with E-state index in [0.29, 0.717) is 6.54 Å². The fraction of sp³-hybridized carbons (Fsp3) is 0.278. The van der Waals surface area contributed by atoms with Crippen LogP contribution in [0.1, 0.15) is 28.4 Å². The lowest BCUT2D eigenvalue weighted by Gasteiger charge is -2.23. The topological polar surface area (TPSA) is 32.3 Å². The number of hydrogen-bond acceptors (Lipinski definition) is 2. The third kappa shape index (κ3) is 3.07. The lowest BCUT2D eigenvalue weighted by Crippen LogP contribution is -2.31. The van der Waals surface area contributed by atoms with Gasteiger partial charge >= 0.3 is 0 Å². The van der Waals surface area contributed by atoms with Crippen molar-refractivity contribution >= 4 is 17.3 Å². The van der Waals surface area contributed by atoms with E-state index in [1.807, 2.05) is 75.2 Å². The van der Waals surface area contributed by atoms with Crippen LogP contribution in [0.25, 0.3) is 0 Å². The number of aryl methyl sites for hydroxylation is 2. The van der Waals surface area contributed by atoms with Gasteiger partial charge in [-0.05, 0) is 56.2 Å². The first-order valence-corrected chi connectivity index (χ1v) is 7.24. The van der Waals surface area contributed by atoms with Crippen LogP contribution < -0.4 is 10.2 Å². The molecule has 1 amide bonds. The minimum Gasteiger partial charge on any atom is -0.388 e. The summed E-state index contributed by atoms with van der Waals surface area (Å²) in [6.45, 7) is 6.68. The largest absolute Gasteiger partial charge is 0.388 e. The smallest absolute Gasteiger partial charge is 0.258 e. The van der Waals surface area contributed by atoms with Gasteiger partial charge < -0.3 is 10.2 Å². The van der Waals surface area contributed by atoms with E-state index in [1.54, 1.807) is 0 Å². The van der Waals surface area contributed by atoms with Crippen LogP contribution in [0, 0.1) is 13.8 Å². The fourth-order valence-electron chi connectivity index (χ4n) is 2.52. The number of rotatable bonds is 4. The first kappa shape index (κ1) is 15.1. The van der Waals surface area contributed by atoms with Crippen LogP contribution >= 0.6 is 0 Å². The van der Waals surface area contributed by atoms with Crippen molar-refractivity contribution in [2.75, 3.05) is 23.8 Å². The number of nitrogens with one attached hydrogen (secondary N) is 1. The third-order valence-corrected chi connectivity index (χ3v) is 3.71. The maximum atomic E-state index is 12.8. The minimum absolute atomic E-state index is 0.0394. The lowest BCUT2D eigenvalue weighted by atomic mass is 10.1. The van der Waals surface area contributed by atoms with Crippen LogP contribution in [0.3, 0.4) is 0 Å². The number of anilines is 2. The Hall–Kier alpha value is -2.29. The Bertz CT molecular complexity index is 649. The molecule has 0 heterocycles. The maximum Gasteiger partial charge on any atom is 0.258 e. The molecule has 2 aromatic carbocycles. The Morgan fingerprint density at radius 3 is 2.38 bits per heavy atom. The van der Waals surface area contributed by atoms with Crippen molar-refractivity contribution in [2.45, 2.75) is 20.8 Å². The van der Waals surface area contributed by atoms with E-state index in [4.69, 9.17) is 0 Å². The predicted octanol–water partition coefficient (Wildman–Crippen LogP) is 4.01. The van der Waals surface area contributed by atoms with Crippen molar-refractivity contribution in [3.63, 3.8) is 0 Å². The molecule has 0 spiro atoms. The highest BCUT2D eigenvalue weighted by Crippen LogP contribution is 2.23. The van der Waals surface area contributed by atoms with Crippen LogP contribution in [-0.4, -0.2) is 19.5 Å². The highest BCUT2D eigenvalue weighted by molar-refractivity contribution is 6.06. The Morgan fingerprint density at radius 1 is 1.10 bits per heavy atom. The molecule has 0 aliphatic rings. The second kappa shape index (κ2) is 6.44. The minimum atomic E-state index is 0.0394. The van der Waals surface area contributed by atoms with E-state index in [9.17, 15) is 4.79 Å².